The van der Waals surface area contributed by atoms with Crippen LogP contribution in [-0.4, -0.2) is 54.7 Å². The zero-order chi connectivity index (χ0) is 29.6. The van der Waals surface area contributed by atoms with E-state index in [1.165, 1.54) is 12.1 Å². The summed E-state index contributed by atoms with van der Waals surface area (Å²) >= 11 is 0. The molecule has 0 N–H and O–H groups in total. The van der Waals surface area contributed by atoms with E-state index in [4.69, 9.17) is 4.74 Å². The van der Waals surface area contributed by atoms with Crippen LogP contribution < -0.4 is 14.5 Å². The number of rotatable bonds is 7. The summed E-state index contributed by atoms with van der Waals surface area (Å²) in [6.07, 6.45) is 2.16. The van der Waals surface area contributed by atoms with Crippen molar-refractivity contribution in [3.8, 4) is 5.75 Å². The Morgan fingerprint density at radius 2 is 1.67 bits per heavy atom. The fraction of sp³-hybridized carbons (Fsp3) is 0.226. The molecule has 11 heteroatoms. The van der Waals surface area contributed by atoms with Gasteiger partial charge in [-0.3, -0.25) is 9.59 Å². The molecule has 2 aromatic carbocycles. The zero-order valence-electron chi connectivity index (χ0n) is 23.4. The third-order valence-electron chi connectivity index (χ3n) is 7.45. The number of aromatic nitrogens is 2. The molecule has 6 rings (SSSR count). The summed E-state index contributed by atoms with van der Waals surface area (Å²) in [5.74, 6) is 0.858. The topological polar surface area (TPSA) is 113 Å². The number of nitrogens with zero attached hydrogens (tertiary/aromatic N) is 5. The van der Waals surface area contributed by atoms with Crippen LogP contribution in [0.5, 0.6) is 5.75 Å². The number of fused-ring (bicyclic) bond motifs is 3. The van der Waals surface area contributed by atoms with E-state index in [1.807, 2.05) is 43.0 Å². The standard InChI is InChI=1S/C31H29N5O5S/c1-4-35-28-25(30(37)34(3)26-12-10-20(2)33-29(26)35)16-22(18-32-28)14-15-41-23-11-13-27-24(17-23)31(38)36(42(27,39)40)19-21-8-6-5-7-9-21/h5-13,16-18H,4,14-15,19H2,1-3H3. The molecule has 2 aromatic heterocycles. The van der Waals surface area contributed by atoms with Crippen LogP contribution in [0.15, 0.2) is 77.8 Å². The number of anilines is 3. The maximum absolute atomic E-state index is 13.4. The lowest BCUT2D eigenvalue weighted by atomic mass is 10.1. The number of carbonyl (C=O) groups is 2. The number of aryl methyl sites for hydroxylation is 1. The van der Waals surface area contributed by atoms with E-state index in [2.05, 4.69) is 9.97 Å². The van der Waals surface area contributed by atoms with Gasteiger partial charge in [0, 0.05) is 31.9 Å². The SMILES string of the molecule is CCN1c2ncc(CCOc3ccc4c(c3)C(=O)N(Cc3ccccc3)S4(=O)=O)cc2C(=O)N(C)c2ccc(C)nc21. The number of hydrogen-bond acceptors (Lipinski definition) is 8. The fourth-order valence-corrected chi connectivity index (χ4v) is 6.78. The van der Waals surface area contributed by atoms with E-state index in [1.54, 1.807) is 48.5 Å². The summed E-state index contributed by atoms with van der Waals surface area (Å²) in [5.41, 5.74) is 3.64. The molecule has 0 spiro atoms. The molecule has 10 nitrogen and oxygen atoms in total. The van der Waals surface area contributed by atoms with Crippen molar-refractivity contribution in [1.29, 1.82) is 0 Å². The molecule has 214 valence electrons. The van der Waals surface area contributed by atoms with E-state index in [-0.39, 0.29) is 29.5 Å². The average molecular weight is 584 g/mol. The normalized spacial score (nSPS) is 15.3. The number of carbonyl (C=O) groups excluding carboxylic acids is 2. The van der Waals surface area contributed by atoms with Gasteiger partial charge < -0.3 is 14.5 Å². The predicted octanol–water partition coefficient (Wildman–Crippen LogP) is 4.50. The first-order valence-corrected chi connectivity index (χ1v) is 15.0. The van der Waals surface area contributed by atoms with E-state index < -0.39 is 15.9 Å². The molecule has 2 aliphatic rings. The van der Waals surface area contributed by atoms with Gasteiger partial charge in [0.25, 0.3) is 21.8 Å². The first kappa shape index (κ1) is 27.4. The van der Waals surface area contributed by atoms with Crippen LogP contribution in [0, 0.1) is 6.92 Å². The third-order valence-corrected chi connectivity index (χ3v) is 9.23. The van der Waals surface area contributed by atoms with Gasteiger partial charge in [0.1, 0.15) is 16.5 Å². The first-order valence-electron chi connectivity index (χ1n) is 13.6. The lowest BCUT2D eigenvalue weighted by Gasteiger charge is -2.23. The summed E-state index contributed by atoms with van der Waals surface area (Å²) in [6.45, 7) is 4.68. The lowest BCUT2D eigenvalue weighted by Crippen LogP contribution is -2.29. The number of sulfonamides is 1. The van der Waals surface area contributed by atoms with Crippen molar-refractivity contribution in [2.75, 3.05) is 30.0 Å². The molecule has 0 saturated heterocycles. The number of hydrogen-bond donors (Lipinski definition) is 0. The average Bonchev–Trinajstić information content (AvgIpc) is 3.12. The molecule has 0 radical (unpaired) electrons. The minimum Gasteiger partial charge on any atom is -0.493 e. The van der Waals surface area contributed by atoms with Crippen molar-refractivity contribution in [1.82, 2.24) is 14.3 Å². The van der Waals surface area contributed by atoms with Gasteiger partial charge in [-0.1, -0.05) is 30.3 Å². The van der Waals surface area contributed by atoms with E-state index in [0.717, 1.165) is 21.1 Å². The summed E-state index contributed by atoms with van der Waals surface area (Å²) in [4.78, 5) is 39.4. The fourth-order valence-electron chi connectivity index (χ4n) is 5.24. The van der Waals surface area contributed by atoms with Gasteiger partial charge >= 0.3 is 0 Å². The zero-order valence-corrected chi connectivity index (χ0v) is 24.3. The van der Waals surface area contributed by atoms with Crippen molar-refractivity contribution in [3.63, 3.8) is 0 Å². The molecule has 0 bridgehead atoms. The van der Waals surface area contributed by atoms with Crippen LogP contribution in [0.1, 0.15) is 44.5 Å². The van der Waals surface area contributed by atoms with Gasteiger partial charge in [-0.2, -0.15) is 0 Å². The third kappa shape index (κ3) is 4.65. The monoisotopic (exact) mass is 583 g/mol. The number of pyridine rings is 2. The van der Waals surface area contributed by atoms with Crippen molar-refractivity contribution < 1.29 is 22.7 Å². The van der Waals surface area contributed by atoms with Crippen LogP contribution >= 0.6 is 0 Å². The second-order valence-corrected chi connectivity index (χ2v) is 12.0. The van der Waals surface area contributed by atoms with Gasteiger partial charge in [0.2, 0.25) is 0 Å². The lowest BCUT2D eigenvalue weighted by molar-refractivity contribution is 0.0864. The highest BCUT2D eigenvalue weighted by Gasteiger charge is 2.41. The van der Waals surface area contributed by atoms with Crippen LogP contribution in [0.3, 0.4) is 0 Å². The Kier molecular flexibility index (Phi) is 6.90. The Morgan fingerprint density at radius 3 is 2.43 bits per heavy atom. The van der Waals surface area contributed by atoms with Crippen LogP contribution in [-0.2, 0) is 23.0 Å². The maximum Gasteiger partial charge on any atom is 0.269 e. The highest BCUT2D eigenvalue weighted by Crippen LogP contribution is 2.38. The summed E-state index contributed by atoms with van der Waals surface area (Å²) < 4.78 is 32.9. The van der Waals surface area contributed by atoms with Crippen LogP contribution in [0.4, 0.5) is 17.3 Å². The van der Waals surface area contributed by atoms with Crippen molar-refractivity contribution in [3.05, 3.63) is 101 Å². The molecule has 2 aliphatic heterocycles. The van der Waals surface area contributed by atoms with Gasteiger partial charge in [-0.05, 0) is 61.4 Å². The smallest absolute Gasteiger partial charge is 0.269 e. The van der Waals surface area contributed by atoms with E-state index >= 15 is 0 Å². The molecule has 4 heterocycles. The molecule has 42 heavy (non-hydrogen) atoms. The second kappa shape index (κ2) is 10.6. The second-order valence-electron chi connectivity index (χ2n) is 10.2. The van der Waals surface area contributed by atoms with Crippen molar-refractivity contribution >= 4 is 39.2 Å². The minimum atomic E-state index is -3.95. The van der Waals surface area contributed by atoms with Gasteiger partial charge in [-0.25, -0.2) is 22.7 Å². The van der Waals surface area contributed by atoms with Crippen molar-refractivity contribution in [2.45, 2.75) is 31.7 Å². The molecule has 0 atom stereocenters. The Hall–Kier alpha value is -4.77. The molecule has 0 saturated carbocycles. The molecular formula is C31H29N5O5S. The largest absolute Gasteiger partial charge is 0.493 e. The Bertz CT molecular complexity index is 1830. The van der Waals surface area contributed by atoms with Crippen LogP contribution in [0.2, 0.25) is 0 Å². The number of benzene rings is 2. The first-order chi connectivity index (χ1) is 20.2. The van der Waals surface area contributed by atoms with Crippen LogP contribution in [0.25, 0.3) is 0 Å². The van der Waals surface area contributed by atoms with E-state index in [0.29, 0.717) is 41.6 Å². The Morgan fingerprint density at radius 1 is 0.881 bits per heavy atom. The summed E-state index contributed by atoms with van der Waals surface area (Å²) in [6, 6.07) is 19.0. The van der Waals surface area contributed by atoms with E-state index in [9.17, 15) is 18.0 Å². The summed E-state index contributed by atoms with van der Waals surface area (Å²) in [7, 11) is -2.22. The van der Waals surface area contributed by atoms with Gasteiger partial charge in [0.05, 0.1) is 30.0 Å². The highest BCUT2D eigenvalue weighted by atomic mass is 32.2. The molecule has 0 unspecified atom stereocenters. The Labute approximate surface area is 244 Å². The quantitative estimate of drug-likeness (QED) is 0.313. The van der Waals surface area contributed by atoms with Crippen molar-refractivity contribution in [2.24, 2.45) is 0 Å². The highest BCUT2D eigenvalue weighted by molar-refractivity contribution is 7.90. The molecule has 0 fully saturated rings. The Balaban J connectivity index is 1.19. The molecular weight excluding hydrogens is 554 g/mol. The number of amides is 2. The summed E-state index contributed by atoms with van der Waals surface area (Å²) in [5, 5.41) is 0. The maximum atomic E-state index is 13.4. The molecule has 4 aromatic rings. The predicted molar refractivity (Wildman–Crippen MR) is 158 cm³/mol. The van der Waals surface area contributed by atoms with Gasteiger partial charge in [0.15, 0.2) is 5.82 Å². The minimum absolute atomic E-state index is 0.0282. The van der Waals surface area contributed by atoms with Gasteiger partial charge in [-0.15, -0.1) is 0 Å². The number of ether oxygens (including phenoxy) is 1. The molecule has 2 amide bonds. The molecule has 0 aliphatic carbocycles.